The fourth-order valence-electron chi connectivity index (χ4n) is 2.59. The van der Waals surface area contributed by atoms with Crippen LogP contribution in [0.4, 0.5) is 0 Å². The van der Waals surface area contributed by atoms with Crippen LogP contribution in [-0.2, 0) is 20.8 Å². The quantitative estimate of drug-likeness (QED) is 0.287. The summed E-state index contributed by atoms with van der Waals surface area (Å²) in [7, 11) is 1.39. The summed E-state index contributed by atoms with van der Waals surface area (Å²) < 4.78 is 26.6. The molecular weight excluding hydrogens is 506 g/mol. The SMILES string of the molecule is COc1c(Cl)ccc(Cl)c1C(=O)OCCOCCOCCOc1c(Cl)ccc(Cl)c1CO. The van der Waals surface area contributed by atoms with Crippen molar-refractivity contribution >= 4 is 52.4 Å². The molecule has 11 heteroatoms. The van der Waals surface area contributed by atoms with Crippen molar-refractivity contribution in [2.75, 3.05) is 46.8 Å². The number of hydrogen-bond donors (Lipinski definition) is 1. The molecular formula is C21H22Cl4O7. The molecule has 0 aromatic heterocycles. The third-order valence-electron chi connectivity index (χ3n) is 4.09. The van der Waals surface area contributed by atoms with Crippen molar-refractivity contribution in [2.24, 2.45) is 0 Å². The van der Waals surface area contributed by atoms with E-state index >= 15 is 0 Å². The lowest BCUT2D eigenvalue weighted by atomic mass is 10.2. The second-order valence-electron chi connectivity index (χ2n) is 6.14. The monoisotopic (exact) mass is 526 g/mol. The summed E-state index contributed by atoms with van der Waals surface area (Å²) in [5, 5.41) is 10.6. The maximum Gasteiger partial charge on any atom is 0.343 e. The van der Waals surface area contributed by atoms with Crippen LogP contribution in [0.5, 0.6) is 11.5 Å². The Bertz CT molecular complexity index is 908. The highest BCUT2D eigenvalue weighted by Crippen LogP contribution is 2.35. The van der Waals surface area contributed by atoms with E-state index in [0.717, 1.165) is 0 Å². The van der Waals surface area contributed by atoms with E-state index in [2.05, 4.69) is 0 Å². The lowest BCUT2D eigenvalue weighted by Crippen LogP contribution is -2.15. The van der Waals surface area contributed by atoms with Crippen LogP contribution in [0, 0.1) is 0 Å². The summed E-state index contributed by atoms with van der Waals surface area (Å²) in [6, 6.07) is 6.21. The summed E-state index contributed by atoms with van der Waals surface area (Å²) >= 11 is 24.1. The average molecular weight is 528 g/mol. The molecule has 0 fully saturated rings. The molecule has 0 atom stereocenters. The van der Waals surface area contributed by atoms with Crippen molar-refractivity contribution in [3.8, 4) is 11.5 Å². The second kappa shape index (κ2) is 14.0. The number of aliphatic hydroxyl groups excluding tert-OH is 1. The van der Waals surface area contributed by atoms with Gasteiger partial charge in [-0.05, 0) is 24.3 Å². The normalized spacial score (nSPS) is 10.8. The lowest BCUT2D eigenvalue weighted by molar-refractivity contribution is 0.0104. The predicted molar refractivity (Wildman–Crippen MR) is 123 cm³/mol. The van der Waals surface area contributed by atoms with Crippen LogP contribution in [0.3, 0.4) is 0 Å². The molecule has 0 aliphatic rings. The lowest BCUT2D eigenvalue weighted by Gasteiger charge is -2.13. The molecule has 2 rings (SSSR count). The predicted octanol–water partition coefficient (Wildman–Crippen LogP) is 5.07. The first-order valence-electron chi connectivity index (χ1n) is 9.45. The third kappa shape index (κ3) is 7.56. The first-order chi connectivity index (χ1) is 15.4. The molecule has 0 saturated heterocycles. The number of hydrogen-bond acceptors (Lipinski definition) is 7. The zero-order valence-electron chi connectivity index (χ0n) is 17.2. The number of esters is 1. The van der Waals surface area contributed by atoms with Crippen LogP contribution in [0.25, 0.3) is 0 Å². The van der Waals surface area contributed by atoms with Gasteiger partial charge in [-0.3, -0.25) is 0 Å². The van der Waals surface area contributed by atoms with Crippen molar-refractivity contribution in [3.05, 3.63) is 55.5 Å². The molecule has 2 aromatic rings. The van der Waals surface area contributed by atoms with Gasteiger partial charge in [0, 0.05) is 10.6 Å². The van der Waals surface area contributed by atoms with Crippen molar-refractivity contribution in [2.45, 2.75) is 6.61 Å². The summed E-state index contributed by atoms with van der Waals surface area (Å²) in [6.45, 7) is 0.992. The van der Waals surface area contributed by atoms with Gasteiger partial charge in [0.15, 0.2) is 5.75 Å². The van der Waals surface area contributed by atoms with Crippen LogP contribution in [-0.4, -0.2) is 57.8 Å². The molecule has 0 aliphatic heterocycles. The van der Waals surface area contributed by atoms with Gasteiger partial charge in [-0.1, -0.05) is 46.4 Å². The fourth-order valence-corrected chi connectivity index (χ4v) is 3.49. The zero-order chi connectivity index (χ0) is 23.5. The van der Waals surface area contributed by atoms with E-state index < -0.39 is 5.97 Å². The molecule has 0 saturated carbocycles. The third-order valence-corrected chi connectivity index (χ3v) is 5.35. The first kappa shape index (κ1) is 26.8. The largest absolute Gasteiger partial charge is 0.494 e. The summed E-state index contributed by atoms with van der Waals surface area (Å²) in [4.78, 5) is 12.2. The van der Waals surface area contributed by atoms with Crippen molar-refractivity contribution < 1.29 is 33.6 Å². The number of halogens is 4. The zero-order valence-corrected chi connectivity index (χ0v) is 20.2. The van der Waals surface area contributed by atoms with Gasteiger partial charge in [-0.15, -0.1) is 0 Å². The Hall–Kier alpha value is -1.45. The molecule has 0 spiro atoms. The molecule has 0 heterocycles. The molecule has 0 unspecified atom stereocenters. The number of benzene rings is 2. The molecule has 0 aliphatic carbocycles. The maximum absolute atomic E-state index is 12.2. The number of methoxy groups -OCH3 is 1. The van der Waals surface area contributed by atoms with E-state index in [1.165, 1.54) is 19.2 Å². The Labute approximate surface area is 206 Å². The van der Waals surface area contributed by atoms with E-state index in [-0.39, 0.29) is 54.4 Å². The smallest absolute Gasteiger partial charge is 0.343 e. The average Bonchev–Trinajstić information content (AvgIpc) is 2.78. The van der Waals surface area contributed by atoms with Crippen LogP contribution < -0.4 is 9.47 Å². The van der Waals surface area contributed by atoms with Gasteiger partial charge in [0.2, 0.25) is 0 Å². The second-order valence-corrected chi connectivity index (χ2v) is 7.77. The van der Waals surface area contributed by atoms with Gasteiger partial charge in [0.25, 0.3) is 0 Å². The highest BCUT2D eigenvalue weighted by atomic mass is 35.5. The van der Waals surface area contributed by atoms with E-state index in [0.29, 0.717) is 34.6 Å². The summed E-state index contributed by atoms with van der Waals surface area (Å²) in [5.41, 5.74) is 0.489. The maximum atomic E-state index is 12.2. The van der Waals surface area contributed by atoms with E-state index in [1.807, 2.05) is 0 Å². The number of aliphatic hydroxyl groups is 1. The molecule has 32 heavy (non-hydrogen) atoms. The summed E-state index contributed by atoms with van der Waals surface area (Å²) in [6.07, 6.45) is 0. The fraction of sp³-hybridized carbons (Fsp3) is 0.381. The first-order valence-corrected chi connectivity index (χ1v) is 11.0. The number of carbonyl (C=O) groups is 1. The van der Waals surface area contributed by atoms with Crippen molar-refractivity contribution in [1.29, 1.82) is 0 Å². The van der Waals surface area contributed by atoms with Crippen LogP contribution in [0.1, 0.15) is 15.9 Å². The minimum atomic E-state index is -0.659. The molecule has 2 aromatic carbocycles. The molecule has 7 nitrogen and oxygen atoms in total. The number of ether oxygens (including phenoxy) is 5. The van der Waals surface area contributed by atoms with Gasteiger partial charge >= 0.3 is 5.97 Å². The van der Waals surface area contributed by atoms with E-state index in [4.69, 9.17) is 70.1 Å². The minimum absolute atomic E-state index is 0.0190. The molecule has 1 N–H and O–H groups in total. The molecule has 0 radical (unpaired) electrons. The number of carbonyl (C=O) groups excluding carboxylic acids is 1. The molecule has 176 valence electrons. The van der Waals surface area contributed by atoms with Crippen molar-refractivity contribution in [3.63, 3.8) is 0 Å². The Balaban J connectivity index is 1.61. The Morgan fingerprint density at radius 1 is 0.781 bits per heavy atom. The highest BCUT2D eigenvalue weighted by molar-refractivity contribution is 6.37. The van der Waals surface area contributed by atoms with E-state index in [9.17, 15) is 9.90 Å². The Morgan fingerprint density at radius 3 is 1.94 bits per heavy atom. The number of rotatable bonds is 13. The molecule has 0 bridgehead atoms. The van der Waals surface area contributed by atoms with Gasteiger partial charge in [0.1, 0.15) is 24.5 Å². The minimum Gasteiger partial charge on any atom is -0.494 e. The van der Waals surface area contributed by atoms with Gasteiger partial charge < -0.3 is 28.8 Å². The Morgan fingerprint density at radius 2 is 1.31 bits per heavy atom. The van der Waals surface area contributed by atoms with Gasteiger partial charge in [-0.2, -0.15) is 0 Å². The van der Waals surface area contributed by atoms with Crippen molar-refractivity contribution in [1.82, 2.24) is 0 Å². The summed E-state index contributed by atoms with van der Waals surface area (Å²) in [5.74, 6) is -0.168. The van der Waals surface area contributed by atoms with Gasteiger partial charge in [-0.25, -0.2) is 4.79 Å². The van der Waals surface area contributed by atoms with Gasteiger partial charge in [0.05, 0.1) is 55.2 Å². The van der Waals surface area contributed by atoms with Crippen LogP contribution >= 0.6 is 46.4 Å². The molecule has 0 amide bonds. The van der Waals surface area contributed by atoms with E-state index in [1.54, 1.807) is 12.1 Å². The highest BCUT2D eigenvalue weighted by Gasteiger charge is 2.20. The standard InChI is InChI=1S/C21H22Cl4O7/c1-28-20-17(25)5-3-15(23)18(20)21(27)32-11-9-30-7-6-29-8-10-31-19-13(12-26)14(22)2-4-16(19)24/h2-5,26H,6-12H2,1H3. The topological polar surface area (TPSA) is 83.5 Å². The Kier molecular flexibility index (Phi) is 11.7. The van der Waals surface area contributed by atoms with Crippen LogP contribution in [0.2, 0.25) is 20.1 Å². The van der Waals surface area contributed by atoms with Crippen LogP contribution in [0.15, 0.2) is 24.3 Å².